The molecule has 1 fully saturated rings. The molecule has 1 unspecified atom stereocenters. The van der Waals surface area contributed by atoms with E-state index in [0.29, 0.717) is 12.1 Å². The minimum Gasteiger partial charge on any atom is -0.307 e. The van der Waals surface area contributed by atoms with E-state index in [0.717, 1.165) is 0 Å². The van der Waals surface area contributed by atoms with Crippen molar-refractivity contribution in [1.29, 1.82) is 0 Å². The zero-order valence-electron chi connectivity index (χ0n) is 15.5. The first-order valence-electron chi connectivity index (χ1n) is 9.76. The monoisotopic (exact) mass is 334 g/mol. The molecule has 0 heterocycles. The Hall–Kier alpha value is -1.64. The van der Waals surface area contributed by atoms with E-state index in [1.807, 2.05) is 0 Å². The van der Waals surface area contributed by atoms with Gasteiger partial charge in [0.15, 0.2) is 0 Å². The van der Waals surface area contributed by atoms with Gasteiger partial charge in [-0.05, 0) is 69.3 Å². The molecular formula is C23H30N2. The van der Waals surface area contributed by atoms with E-state index in [2.05, 4.69) is 78.9 Å². The quantitative estimate of drug-likeness (QED) is 0.874. The first-order chi connectivity index (χ1) is 12.2. The summed E-state index contributed by atoms with van der Waals surface area (Å²) in [6, 6.07) is 21.3. The van der Waals surface area contributed by atoms with Crippen LogP contribution >= 0.6 is 0 Å². The van der Waals surface area contributed by atoms with Gasteiger partial charge in [0.05, 0.1) is 0 Å². The summed E-state index contributed by atoms with van der Waals surface area (Å²) in [6.45, 7) is 0. The fraction of sp³-hybridized carbons (Fsp3) is 0.478. The summed E-state index contributed by atoms with van der Waals surface area (Å²) in [7, 11) is 4.49. The molecule has 0 spiro atoms. The summed E-state index contributed by atoms with van der Waals surface area (Å²) in [6.07, 6.45) is 7.46. The van der Waals surface area contributed by atoms with Gasteiger partial charge in [-0.2, -0.15) is 0 Å². The fourth-order valence-electron chi connectivity index (χ4n) is 5.02. The van der Waals surface area contributed by atoms with Crippen molar-refractivity contribution in [1.82, 2.24) is 10.2 Å². The number of benzene rings is 2. The molecule has 2 aromatic carbocycles. The molecule has 0 bridgehead atoms. The molecule has 2 heteroatoms. The van der Waals surface area contributed by atoms with E-state index in [1.54, 1.807) is 5.56 Å². The Labute approximate surface area is 152 Å². The molecule has 1 atom stereocenters. The van der Waals surface area contributed by atoms with Gasteiger partial charge in [0.25, 0.3) is 0 Å². The highest BCUT2D eigenvalue weighted by Crippen LogP contribution is 2.42. The third kappa shape index (κ3) is 3.14. The van der Waals surface area contributed by atoms with Crippen molar-refractivity contribution in [3.8, 4) is 0 Å². The second-order valence-electron chi connectivity index (χ2n) is 8.02. The maximum Gasteiger partial charge on any atom is 0.0455 e. The van der Waals surface area contributed by atoms with Crippen molar-refractivity contribution in [2.45, 2.75) is 56.1 Å². The van der Waals surface area contributed by atoms with Crippen LogP contribution in [0.5, 0.6) is 0 Å². The van der Waals surface area contributed by atoms with Gasteiger partial charge in [-0.15, -0.1) is 0 Å². The highest BCUT2D eigenvalue weighted by molar-refractivity contribution is 5.34. The average molecular weight is 335 g/mol. The van der Waals surface area contributed by atoms with E-state index in [4.69, 9.17) is 0 Å². The van der Waals surface area contributed by atoms with Crippen molar-refractivity contribution in [2.24, 2.45) is 0 Å². The highest BCUT2D eigenvalue weighted by atomic mass is 15.1. The second kappa shape index (κ2) is 6.93. The molecule has 1 N–H and O–H groups in total. The molecule has 132 valence electrons. The van der Waals surface area contributed by atoms with Crippen LogP contribution in [0.15, 0.2) is 54.6 Å². The maximum atomic E-state index is 3.98. The molecule has 0 aromatic heterocycles. The van der Waals surface area contributed by atoms with E-state index >= 15 is 0 Å². The van der Waals surface area contributed by atoms with Crippen LogP contribution in [0.3, 0.4) is 0 Å². The molecule has 2 aromatic rings. The van der Waals surface area contributed by atoms with Crippen molar-refractivity contribution in [3.05, 3.63) is 71.3 Å². The first-order valence-corrected chi connectivity index (χ1v) is 9.76. The lowest BCUT2D eigenvalue weighted by molar-refractivity contribution is 0.0832. The smallest absolute Gasteiger partial charge is 0.0455 e. The molecule has 2 aliphatic carbocycles. The molecule has 0 aliphatic heterocycles. The van der Waals surface area contributed by atoms with Gasteiger partial charge in [-0.3, -0.25) is 4.90 Å². The van der Waals surface area contributed by atoms with Gasteiger partial charge in [0.1, 0.15) is 0 Å². The van der Waals surface area contributed by atoms with Crippen molar-refractivity contribution in [3.63, 3.8) is 0 Å². The van der Waals surface area contributed by atoms with Crippen LogP contribution in [0.2, 0.25) is 0 Å². The summed E-state index contributed by atoms with van der Waals surface area (Å²) in [5.74, 6) is 0. The van der Waals surface area contributed by atoms with Gasteiger partial charge in [0.2, 0.25) is 0 Å². The van der Waals surface area contributed by atoms with Crippen molar-refractivity contribution in [2.75, 3.05) is 14.1 Å². The predicted octanol–water partition coefficient (Wildman–Crippen LogP) is 4.66. The Morgan fingerprint density at radius 1 is 0.880 bits per heavy atom. The van der Waals surface area contributed by atoms with Crippen LogP contribution in [0.1, 0.15) is 54.8 Å². The van der Waals surface area contributed by atoms with Crippen LogP contribution in [0.25, 0.3) is 0 Å². The maximum absolute atomic E-state index is 3.98. The zero-order valence-corrected chi connectivity index (χ0v) is 15.5. The van der Waals surface area contributed by atoms with Gasteiger partial charge in [-0.1, -0.05) is 54.6 Å². The number of hydrogen-bond acceptors (Lipinski definition) is 2. The normalized spacial score (nSPS) is 28.9. The number of hydrogen-bond donors (Lipinski definition) is 1. The number of fused-ring (bicyclic) bond motifs is 1. The Bertz CT molecular complexity index is 699. The fourth-order valence-corrected chi connectivity index (χ4v) is 5.02. The molecule has 2 nitrogen and oxygen atoms in total. The Kier molecular flexibility index (Phi) is 4.66. The molecule has 0 saturated heterocycles. The summed E-state index contributed by atoms with van der Waals surface area (Å²) in [4.78, 5) is 2.45. The summed E-state index contributed by atoms with van der Waals surface area (Å²) >= 11 is 0. The van der Waals surface area contributed by atoms with Gasteiger partial charge in [-0.25, -0.2) is 0 Å². The Morgan fingerprint density at radius 3 is 2.28 bits per heavy atom. The van der Waals surface area contributed by atoms with Crippen LogP contribution in [0, 0.1) is 0 Å². The summed E-state index contributed by atoms with van der Waals surface area (Å²) in [5.41, 5.74) is 4.76. The predicted molar refractivity (Wildman–Crippen MR) is 105 cm³/mol. The van der Waals surface area contributed by atoms with Crippen molar-refractivity contribution >= 4 is 0 Å². The minimum absolute atomic E-state index is 0.201. The number of aryl methyl sites for hydroxylation is 1. The van der Waals surface area contributed by atoms with E-state index in [9.17, 15) is 0 Å². The Balaban J connectivity index is 1.44. The third-order valence-electron chi connectivity index (χ3n) is 6.55. The van der Waals surface area contributed by atoms with E-state index < -0.39 is 0 Å². The summed E-state index contributed by atoms with van der Waals surface area (Å²) in [5, 5.41) is 3.98. The molecule has 1 saturated carbocycles. The lowest BCUT2D eigenvalue weighted by Gasteiger charge is -2.46. The standard InChI is InChI=1S/C23H30N2/c1-25(2)23(19-9-4-3-5-10-19)16-14-20(15-17-23)24-22-13-12-18-8-6-7-11-21(18)22/h3-11,20,22,24H,12-17H2,1-2H3. The van der Waals surface area contributed by atoms with E-state index in [1.165, 1.54) is 49.7 Å². The van der Waals surface area contributed by atoms with Crippen LogP contribution in [-0.4, -0.2) is 25.0 Å². The molecule has 25 heavy (non-hydrogen) atoms. The Morgan fingerprint density at radius 2 is 1.56 bits per heavy atom. The molecule has 4 rings (SSSR count). The lowest BCUT2D eigenvalue weighted by Crippen LogP contribution is -2.48. The first kappa shape index (κ1) is 16.8. The zero-order chi connectivity index (χ0) is 17.3. The van der Waals surface area contributed by atoms with Crippen molar-refractivity contribution < 1.29 is 0 Å². The summed E-state index contributed by atoms with van der Waals surface area (Å²) < 4.78 is 0. The van der Waals surface area contributed by atoms with Crippen LogP contribution in [-0.2, 0) is 12.0 Å². The highest BCUT2D eigenvalue weighted by Gasteiger charge is 2.39. The average Bonchev–Trinajstić information content (AvgIpc) is 3.06. The third-order valence-corrected chi connectivity index (χ3v) is 6.55. The number of nitrogens with one attached hydrogen (secondary N) is 1. The molecular weight excluding hydrogens is 304 g/mol. The largest absolute Gasteiger partial charge is 0.307 e. The van der Waals surface area contributed by atoms with Crippen LogP contribution in [0.4, 0.5) is 0 Å². The lowest BCUT2D eigenvalue weighted by atomic mass is 9.74. The van der Waals surface area contributed by atoms with Gasteiger partial charge < -0.3 is 5.32 Å². The second-order valence-corrected chi connectivity index (χ2v) is 8.02. The molecule has 0 amide bonds. The topological polar surface area (TPSA) is 15.3 Å². The van der Waals surface area contributed by atoms with Gasteiger partial charge in [0, 0.05) is 17.6 Å². The molecule has 0 radical (unpaired) electrons. The van der Waals surface area contributed by atoms with Crippen LogP contribution < -0.4 is 5.32 Å². The van der Waals surface area contributed by atoms with Gasteiger partial charge >= 0.3 is 0 Å². The van der Waals surface area contributed by atoms with E-state index in [-0.39, 0.29) is 5.54 Å². The SMILES string of the molecule is CN(C)C1(c2ccccc2)CCC(NC2CCc3ccccc32)CC1. The minimum atomic E-state index is 0.201. The molecule has 2 aliphatic rings. The number of nitrogens with zero attached hydrogens (tertiary/aromatic N) is 1. The number of rotatable bonds is 4.